The van der Waals surface area contributed by atoms with Gasteiger partial charge in [0.2, 0.25) is 11.8 Å². The summed E-state index contributed by atoms with van der Waals surface area (Å²) in [4.78, 5) is 25.5. The third kappa shape index (κ3) is 5.35. The van der Waals surface area contributed by atoms with E-state index in [1.807, 2.05) is 9.36 Å². The molecule has 0 aliphatic heterocycles. The van der Waals surface area contributed by atoms with Gasteiger partial charge in [0.05, 0.1) is 47.0 Å². The van der Waals surface area contributed by atoms with Gasteiger partial charge in [-0.2, -0.15) is 10.2 Å². The Morgan fingerprint density at radius 3 is 1.58 bits per heavy atom. The smallest absolute Gasteiger partial charge is 0.228 e. The molecular weight excluding hydrogens is 392 g/mol. The van der Waals surface area contributed by atoms with Crippen molar-refractivity contribution in [3.05, 3.63) is 23.8 Å². The van der Waals surface area contributed by atoms with Crippen LogP contribution < -0.4 is 10.6 Å². The minimum atomic E-state index is -0.297. The van der Waals surface area contributed by atoms with Gasteiger partial charge in [-0.25, -0.2) is 0 Å². The van der Waals surface area contributed by atoms with Crippen molar-refractivity contribution in [2.75, 3.05) is 10.6 Å². The lowest BCUT2D eigenvalue weighted by molar-refractivity contribution is -0.122. The Morgan fingerprint density at radius 2 is 1.26 bits per heavy atom. The van der Waals surface area contributed by atoms with Crippen LogP contribution in [0.5, 0.6) is 0 Å². The Hall–Kier alpha value is -2.64. The molecular formula is C23H36N6O2. The van der Waals surface area contributed by atoms with E-state index in [0.717, 1.165) is 48.7 Å². The van der Waals surface area contributed by atoms with Gasteiger partial charge < -0.3 is 10.6 Å². The molecule has 0 saturated heterocycles. The van der Waals surface area contributed by atoms with Crippen molar-refractivity contribution >= 4 is 23.2 Å². The third-order valence-electron chi connectivity index (χ3n) is 5.62. The summed E-state index contributed by atoms with van der Waals surface area (Å²) in [5, 5.41) is 14.8. The van der Waals surface area contributed by atoms with E-state index in [4.69, 9.17) is 0 Å². The number of anilines is 2. The fourth-order valence-electron chi connectivity index (χ4n) is 4.01. The van der Waals surface area contributed by atoms with E-state index >= 15 is 0 Å². The number of hydrogen-bond acceptors (Lipinski definition) is 4. The van der Waals surface area contributed by atoms with Crippen LogP contribution in [0.4, 0.5) is 11.4 Å². The second-order valence-corrected chi connectivity index (χ2v) is 9.30. The first-order valence-corrected chi connectivity index (χ1v) is 11.5. The fraction of sp³-hybridized carbons (Fsp3) is 0.652. The molecule has 31 heavy (non-hydrogen) atoms. The first-order chi connectivity index (χ1) is 14.7. The summed E-state index contributed by atoms with van der Waals surface area (Å²) < 4.78 is 3.91. The zero-order valence-corrected chi connectivity index (χ0v) is 19.6. The molecule has 0 radical (unpaired) electrons. The molecule has 3 rings (SSSR count). The molecule has 1 saturated carbocycles. The van der Waals surface area contributed by atoms with Crippen LogP contribution in [0.1, 0.15) is 59.4 Å². The molecule has 8 nitrogen and oxygen atoms in total. The predicted molar refractivity (Wildman–Crippen MR) is 122 cm³/mol. The molecule has 2 amide bonds. The molecule has 0 aromatic carbocycles. The highest BCUT2D eigenvalue weighted by molar-refractivity contribution is 6.03. The molecule has 2 atom stereocenters. The Morgan fingerprint density at radius 1 is 0.871 bits per heavy atom. The second-order valence-electron chi connectivity index (χ2n) is 9.30. The quantitative estimate of drug-likeness (QED) is 0.603. The van der Waals surface area contributed by atoms with Crippen LogP contribution in [-0.2, 0) is 35.5 Å². The molecule has 170 valence electrons. The molecule has 8 heteroatoms. The molecule has 1 fully saturated rings. The summed E-state index contributed by atoms with van der Waals surface area (Å²) in [6.45, 7) is 14.3. The van der Waals surface area contributed by atoms with Crippen LogP contribution in [-0.4, -0.2) is 31.4 Å². The Kier molecular flexibility index (Phi) is 7.18. The number of nitrogens with one attached hydrogen (secondary N) is 2. The Bertz CT molecular complexity index is 852. The first-order valence-electron chi connectivity index (χ1n) is 11.5. The van der Waals surface area contributed by atoms with Crippen LogP contribution in [0.25, 0.3) is 0 Å². The Labute approximate surface area is 184 Å². The fourth-order valence-corrected chi connectivity index (χ4v) is 4.01. The normalized spacial score (nSPS) is 17.9. The van der Waals surface area contributed by atoms with E-state index in [1.54, 1.807) is 12.4 Å². The SMILES string of the molecule is CCc1c(NC(=O)C2CC2C(=O)Nc2cnn(CC(C)C)c2CC)cnn1CC(C)C. The summed E-state index contributed by atoms with van der Waals surface area (Å²) in [5.74, 6) is 0.143. The summed E-state index contributed by atoms with van der Waals surface area (Å²) in [6.07, 6.45) is 5.58. The molecule has 0 spiro atoms. The number of amides is 2. The standard InChI is InChI=1S/C23H36N6O2/c1-7-20-18(10-24-28(20)12-14(3)4)26-22(30)16-9-17(16)23(31)27-19-11-25-29(13-15(5)6)21(19)8-2/h10-11,14-17H,7-9,12-13H2,1-6H3,(H,26,30)(H,27,31). The number of aromatic nitrogens is 4. The number of nitrogens with zero attached hydrogens (tertiary/aromatic N) is 4. The van der Waals surface area contributed by atoms with E-state index in [2.05, 4.69) is 62.4 Å². The van der Waals surface area contributed by atoms with Gasteiger partial charge in [-0.1, -0.05) is 41.5 Å². The van der Waals surface area contributed by atoms with Crippen LogP contribution in [0, 0.1) is 23.7 Å². The van der Waals surface area contributed by atoms with Gasteiger partial charge >= 0.3 is 0 Å². The van der Waals surface area contributed by atoms with E-state index in [1.165, 1.54) is 0 Å². The molecule has 1 aliphatic rings. The third-order valence-corrected chi connectivity index (χ3v) is 5.62. The highest BCUT2D eigenvalue weighted by Crippen LogP contribution is 2.40. The van der Waals surface area contributed by atoms with Crippen molar-refractivity contribution in [2.24, 2.45) is 23.7 Å². The predicted octanol–water partition coefficient (Wildman–Crippen LogP) is 3.73. The number of carbonyl (C=O) groups is 2. The van der Waals surface area contributed by atoms with Crippen LogP contribution in [0.2, 0.25) is 0 Å². The lowest BCUT2D eigenvalue weighted by Gasteiger charge is -2.11. The van der Waals surface area contributed by atoms with E-state index in [9.17, 15) is 9.59 Å². The van der Waals surface area contributed by atoms with Crippen molar-refractivity contribution in [1.82, 2.24) is 19.6 Å². The average molecular weight is 429 g/mol. The maximum atomic E-state index is 12.7. The molecule has 1 aliphatic carbocycles. The lowest BCUT2D eigenvalue weighted by atomic mass is 10.2. The van der Waals surface area contributed by atoms with Crippen molar-refractivity contribution in [2.45, 2.75) is 73.9 Å². The van der Waals surface area contributed by atoms with Crippen molar-refractivity contribution < 1.29 is 9.59 Å². The van der Waals surface area contributed by atoms with E-state index < -0.39 is 0 Å². The molecule has 2 aromatic heterocycles. The molecule has 2 heterocycles. The minimum Gasteiger partial charge on any atom is -0.323 e. The van der Waals surface area contributed by atoms with Crippen molar-refractivity contribution in [3.63, 3.8) is 0 Å². The van der Waals surface area contributed by atoms with Crippen molar-refractivity contribution in [3.8, 4) is 0 Å². The van der Waals surface area contributed by atoms with Crippen LogP contribution in [0.15, 0.2) is 12.4 Å². The molecule has 2 unspecified atom stereocenters. The summed E-state index contributed by atoms with van der Waals surface area (Å²) in [7, 11) is 0. The maximum Gasteiger partial charge on any atom is 0.228 e. The van der Waals surface area contributed by atoms with Gasteiger partial charge in [-0.3, -0.25) is 19.0 Å². The zero-order valence-electron chi connectivity index (χ0n) is 19.6. The van der Waals surface area contributed by atoms with Gasteiger partial charge in [0.25, 0.3) is 0 Å². The van der Waals surface area contributed by atoms with Crippen LogP contribution >= 0.6 is 0 Å². The number of carbonyl (C=O) groups excluding carboxylic acids is 2. The number of rotatable bonds is 10. The second kappa shape index (κ2) is 9.66. The monoisotopic (exact) mass is 428 g/mol. The summed E-state index contributed by atoms with van der Waals surface area (Å²) in [5.41, 5.74) is 3.55. The van der Waals surface area contributed by atoms with Gasteiger partial charge in [0.15, 0.2) is 0 Å². The van der Waals surface area contributed by atoms with E-state index in [0.29, 0.717) is 18.3 Å². The van der Waals surface area contributed by atoms with Gasteiger partial charge in [-0.15, -0.1) is 0 Å². The molecule has 2 aromatic rings. The average Bonchev–Trinajstić information content (AvgIpc) is 3.31. The minimum absolute atomic E-state index is 0.106. The summed E-state index contributed by atoms with van der Waals surface area (Å²) in [6, 6.07) is 0. The highest BCUT2D eigenvalue weighted by Gasteiger charge is 2.48. The zero-order chi connectivity index (χ0) is 22.7. The summed E-state index contributed by atoms with van der Waals surface area (Å²) >= 11 is 0. The number of hydrogen-bond donors (Lipinski definition) is 2. The Balaban J connectivity index is 1.60. The van der Waals surface area contributed by atoms with E-state index in [-0.39, 0.29) is 23.7 Å². The largest absolute Gasteiger partial charge is 0.323 e. The van der Waals surface area contributed by atoms with Gasteiger partial charge in [-0.05, 0) is 31.1 Å². The topological polar surface area (TPSA) is 93.8 Å². The maximum absolute atomic E-state index is 12.7. The highest BCUT2D eigenvalue weighted by atomic mass is 16.2. The molecule has 2 N–H and O–H groups in total. The van der Waals surface area contributed by atoms with Gasteiger partial charge in [0.1, 0.15) is 0 Å². The van der Waals surface area contributed by atoms with Crippen LogP contribution in [0.3, 0.4) is 0 Å². The first kappa shape index (κ1) is 23.0. The van der Waals surface area contributed by atoms with Crippen molar-refractivity contribution in [1.29, 1.82) is 0 Å². The lowest BCUT2D eigenvalue weighted by Crippen LogP contribution is -2.21. The molecule has 0 bridgehead atoms. The van der Waals surface area contributed by atoms with Gasteiger partial charge in [0, 0.05) is 13.1 Å².